The minimum Gasteiger partial charge on any atom is -0.399 e. The third-order valence-electron chi connectivity index (χ3n) is 0.634. The summed E-state index contributed by atoms with van der Waals surface area (Å²) in [5.74, 6) is -1.48. The largest absolute Gasteiger partial charge is 0.399 e. The summed E-state index contributed by atoms with van der Waals surface area (Å²) >= 11 is 0. The van der Waals surface area contributed by atoms with Crippen LogP contribution in [-0.4, -0.2) is 25.5 Å². The van der Waals surface area contributed by atoms with Crippen molar-refractivity contribution in [2.75, 3.05) is 13.8 Å². The maximum atomic E-state index is 11.6. The molecule has 10 heavy (non-hydrogen) atoms. The topological polar surface area (TPSA) is 47.9 Å². The van der Waals surface area contributed by atoms with Crippen molar-refractivity contribution < 1.29 is 23.5 Å². The summed E-state index contributed by atoms with van der Waals surface area (Å²) in [4.78, 5) is 16.7. The van der Waals surface area contributed by atoms with Crippen molar-refractivity contribution in [3.05, 3.63) is 0 Å². The summed E-state index contributed by atoms with van der Waals surface area (Å²) in [6.45, 7) is -1.23. The van der Waals surface area contributed by atoms with E-state index in [1.165, 1.54) is 0 Å². The van der Waals surface area contributed by atoms with E-state index in [9.17, 15) is 13.7 Å². The zero-order valence-electron chi connectivity index (χ0n) is 5.13. The first kappa shape index (κ1) is 8.80. The molecule has 0 aliphatic carbocycles. The number of alkyl halides is 1. The second kappa shape index (κ2) is 4.66. The molecular weight excluding hydrogens is 148 g/mol. The molecule has 4 nitrogen and oxygen atoms in total. The Labute approximate surface area is 55.3 Å². The van der Waals surface area contributed by atoms with Gasteiger partial charge in [-0.3, -0.25) is 0 Å². The molecule has 0 radical (unpaired) electrons. The van der Waals surface area contributed by atoms with Crippen LogP contribution in [0.1, 0.15) is 0 Å². The molecule has 0 atom stereocenters. The first-order valence-electron chi connectivity index (χ1n) is 2.25. The number of carbonyl (C=O) groups excluding carboxylic acids is 1. The number of oxime groups is 1. The number of halogens is 2. The molecule has 0 saturated carbocycles. The van der Waals surface area contributed by atoms with Crippen LogP contribution in [0.25, 0.3) is 0 Å². The van der Waals surface area contributed by atoms with Crippen LogP contribution in [0.2, 0.25) is 0 Å². The molecule has 0 spiro atoms. The number of hydrogen-bond acceptors (Lipinski definition) is 4. The Morgan fingerprint density at radius 1 is 1.70 bits per heavy atom. The molecule has 0 amide bonds. The van der Waals surface area contributed by atoms with Crippen molar-refractivity contribution in [3.63, 3.8) is 0 Å². The average Bonchev–Trinajstić information content (AvgIpc) is 1.99. The third kappa shape index (κ3) is 2.38. The Morgan fingerprint density at radius 2 is 2.30 bits per heavy atom. The quantitative estimate of drug-likeness (QED) is 0.435. The Morgan fingerprint density at radius 3 is 2.60 bits per heavy atom. The molecule has 6 heteroatoms. The smallest absolute Gasteiger partial charge is 0.399 e. The van der Waals surface area contributed by atoms with Gasteiger partial charge in [-0.1, -0.05) is 5.16 Å². The van der Waals surface area contributed by atoms with Gasteiger partial charge in [0.15, 0.2) is 5.71 Å². The summed E-state index contributed by atoms with van der Waals surface area (Å²) < 4.78 is 22.6. The average molecular weight is 153 g/mol. The van der Waals surface area contributed by atoms with Crippen LogP contribution in [0.4, 0.5) is 8.92 Å². The monoisotopic (exact) mass is 153 g/mol. The second-order valence-corrected chi connectivity index (χ2v) is 1.22. The molecule has 0 aromatic heterocycles. The molecule has 0 aliphatic rings. The molecule has 0 fully saturated rings. The molecule has 0 aromatic rings. The van der Waals surface area contributed by atoms with E-state index >= 15 is 0 Å². The highest BCUT2D eigenvalue weighted by atomic mass is 19.3. The predicted molar refractivity (Wildman–Crippen MR) is 27.6 cm³/mol. The highest BCUT2D eigenvalue weighted by molar-refractivity contribution is 6.36. The number of hydrogen-bond donors (Lipinski definition) is 0. The molecule has 0 N–H and O–H groups in total. The van der Waals surface area contributed by atoms with Gasteiger partial charge in [0, 0.05) is 4.53 Å². The van der Waals surface area contributed by atoms with E-state index in [1.54, 1.807) is 0 Å². The van der Waals surface area contributed by atoms with E-state index in [4.69, 9.17) is 0 Å². The Balaban J connectivity index is 4.06. The van der Waals surface area contributed by atoms with E-state index in [1.807, 2.05) is 0 Å². The van der Waals surface area contributed by atoms with Gasteiger partial charge < -0.3 is 4.84 Å². The Kier molecular flexibility index (Phi) is 4.10. The molecule has 58 valence electrons. The predicted octanol–water partition coefficient (Wildman–Crippen LogP) is 0.386. The lowest BCUT2D eigenvalue weighted by Gasteiger charge is -1.92. The Hall–Kier alpha value is -1.20. The molecule has 0 aliphatic heterocycles. The summed E-state index contributed by atoms with van der Waals surface area (Å²) in [7, 11) is 1.10. The zero-order chi connectivity index (χ0) is 7.98. The van der Waals surface area contributed by atoms with Crippen molar-refractivity contribution in [3.8, 4) is 0 Å². The van der Waals surface area contributed by atoms with Crippen LogP contribution in [-0.2, 0) is 14.6 Å². The summed E-state index contributed by atoms with van der Waals surface area (Å²) in [5.41, 5.74) is -0.745. The van der Waals surface area contributed by atoms with E-state index < -0.39 is 18.4 Å². The van der Waals surface area contributed by atoms with Crippen LogP contribution in [0.15, 0.2) is 5.16 Å². The minimum atomic E-state index is -1.48. The fraction of sp³-hybridized carbons (Fsp3) is 0.500. The van der Waals surface area contributed by atoms with Crippen molar-refractivity contribution >= 4 is 11.7 Å². The van der Waals surface area contributed by atoms with Crippen LogP contribution in [0, 0.1) is 0 Å². The van der Waals surface area contributed by atoms with E-state index in [0.717, 1.165) is 7.11 Å². The zero-order valence-corrected chi connectivity index (χ0v) is 5.13. The van der Waals surface area contributed by atoms with Crippen LogP contribution < -0.4 is 0 Å². The molecule has 0 saturated heterocycles. The van der Waals surface area contributed by atoms with Gasteiger partial charge in [0.2, 0.25) is 0 Å². The van der Waals surface area contributed by atoms with Gasteiger partial charge in [-0.05, 0) is 0 Å². The highest BCUT2D eigenvalue weighted by Crippen LogP contribution is 1.87. The second-order valence-electron chi connectivity index (χ2n) is 1.22. The standard InChI is InChI=1S/C4H5F2NO3/c1-9-7-3(2-5)4(8)10-6/h2H2,1H3. The first-order chi connectivity index (χ1) is 4.76. The maximum absolute atomic E-state index is 11.6. The van der Waals surface area contributed by atoms with E-state index in [2.05, 4.69) is 14.9 Å². The number of rotatable bonds is 3. The van der Waals surface area contributed by atoms with Gasteiger partial charge in [-0.15, -0.1) is 0 Å². The normalized spacial score (nSPS) is 10.9. The van der Waals surface area contributed by atoms with Crippen molar-refractivity contribution in [1.29, 1.82) is 0 Å². The molecule has 0 heterocycles. The highest BCUT2D eigenvalue weighted by Gasteiger charge is 2.13. The Bertz CT molecular complexity index is 147. The SMILES string of the molecule is CON=C(CF)C(=O)OF. The van der Waals surface area contributed by atoms with Gasteiger partial charge in [0.25, 0.3) is 0 Å². The van der Waals surface area contributed by atoms with Gasteiger partial charge in [0.1, 0.15) is 13.8 Å². The molecular formula is C4H5F2NO3. The van der Waals surface area contributed by atoms with Crippen LogP contribution >= 0.6 is 0 Å². The molecule has 0 unspecified atom stereocenters. The lowest BCUT2D eigenvalue weighted by atomic mass is 10.4. The van der Waals surface area contributed by atoms with Crippen LogP contribution in [0.5, 0.6) is 0 Å². The molecule has 0 aromatic carbocycles. The lowest BCUT2D eigenvalue weighted by Crippen LogP contribution is -2.16. The third-order valence-corrected chi connectivity index (χ3v) is 0.634. The van der Waals surface area contributed by atoms with Crippen LogP contribution in [0.3, 0.4) is 0 Å². The summed E-state index contributed by atoms with van der Waals surface area (Å²) in [6, 6.07) is 0. The minimum absolute atomic E-state index is 0.745. The fourth-order valence-corrected chi connectivity index (χ4v) is 0.271. The van der Waals surface area contributed by atoms with Crippen molar-refractivity contribution in [2.45, 2.75) is 0 Å². The maximum Gasteiger partial charge on any atom is 0.399 e. The van der Waals surface area contributed by atoms with E-state index in [-0.39, 0.29) is 0 Å². The summed E-state index contributed by atoms with van der Waals surface area (Å²) in [5, 5.41) is 2.84. The number of carbonyl (C=O) groups is 1. The van der Waals surface area contributed by atoms with E-state index in [0.29, 0.717) is 0 Å². The first-order valence-corrected chi connectivity index (χ1v) is 2.25. The van der Waals surface area contributed by atoms with Gasteiger partial charge >= 0.3 is 5.97 Å². The van der Waals surface area contributed by atoms with Gasteiger partial charge in [-0.2, -0.15) is 0 Å². The number of nitrogens with zero attached hydrogens (tertiary/aromatic N) is 1. The van der Waals surface area contributed by atoms with Gasteiger partial charge in [-0.25, -0.2) is 14.1 Å². The summed E-state index contributed by atoms with van der Waals surface area (Å²) in [6.07, 6.45) is 0. The molecule has 0 rings (SSSR count). The fourth-order valence-electron chi connectivity index (χ4n) is 0.271. The van der Waals surface area contributed by atoms with Crippen molar-refractivity contribution in [1.82, 2.24) is 0 Å². The lowest BCUT2D eigenvalue weighted by molar-refractivity contribution is -0.174. The van der Waals surface area contributed by atoms with Crippen molar-refractivity contribution in [2.24, 2.45) is 5.16 Å². The molecule has 0 bridgehead atoms. The van der Waals surface area contributed by atoms with Gasteiger partial charge in [0.05, 0.1) is 0 Å².